The first-order chi connectivity index (χ1) is 6.77. The van der Waals surface area contributed by atoms with Crippen LogP contribution in [-0.2, 0) is 0 Å². The minimum absolute atomic E-state index is 0.166. The zero-order chi connectivity index (χ0) is 10.4. The number of methoxy groups -OCH3 is 1. The second-order valence-electron chi connectivity index (χ2n) is 2.73. The van der Waals surface area contributed by atoms with Gasteiger partial charge in [0.2, 0.25) is 5.88 Å². The summed E-state index contributed by atoms with van der Waals surface area (Å²) in [6.07, 6.45) is -0.739. The van der Waals surface area contributed by atoms with Gasteiger partial charge in [-0.15, -0.1) is 0 Å². The molecule has 1 atom stereocenters. The number of ether oxygens (including phenoxy) is 1. The van der Waals surface area contributed by atoms with Gasteiger partial charge in [0.15, 0.2) is 0 Å². The zero-order valence-corrected chi connectivity index (χ0v) is 7.97. The van der Waals surface area contributed by atoms with E-state index >= 15 is 0 Å². The molecule has 5 nitrogen and oxygen atoms in total. The first-order valence-corrected chi connectivity index (χ1v) is 4.28. The molecule has 14 heavy (non-hydrogen) atoms. The van der Waals surface area contributed by atoms with Crippen molar-refractivity contribution in [2.75, 3.05) is 20.4 Å². The molecule has 1 unspecified atom stereocenters. The highest BCUT2D eigenvalue weighted by Gasteiger charge is 2.08. The van der Waals surface area contributed by atoms with Crippen LogP contribution in [0.15, 0.2) is 18.2 Å². The molecule has 0 saturated heterocycles. The molecule has 0 aromatic carbocycles. The summed E-state index contributed by atoms with van der Waals surface area (Å²) >= 11 is 0. The molecule has 3 N–H and O–H groups in total. The molecule has 1 aromatic rings. The van der Waals surface area contributed by atoms with Gasteiger partial charge in [-0.3, -0.25) is 5.32 Å². The van der Waals surface area contributed by atoms with Gasteiger partial charge in [-0.25, -0.2) is 4.98 Å². The predicted octanol–water partition coefficient (Wildman–Crippen LogP) is -0.337. The molecule has 0 radical (unpaired) electrons. The summed E-state index contributed by atoms with van der Waals surface area (Å²) in [4.78, 5) is 4.05. The molecule has 0 aliphatic rings. The van der Waals surface area contributed by atoms with E-state index in [1.165, 1.54) is 7.11 Å². The third-order valence-corrected chi connectivity index (χ3v) is 1.75. The molecule has 0 bridgehead atoms. The summed E-state index contributed by atoms with van der Waals surface area (Å²) in [5.41, 5.74) is 0.519. The van der Waals surface area contributed by atoms with Crippen LogP contribution in [0.1, 0.15) is 11.8 Å². The molecule has 0 amide bonds. The van der Waals surface area contributed by atoms with Crippen molar-refractivity contribution in [2.24, 2.45) is 0 Å². The van der Waals surface area contributed by atoms with Crippen molar-refractivity contribution in [3.63, 3.8) is 0 Å². The van der Waals surface area contributed by atoms with Gasteiger partial charge in [0.25, 0.3) is 0 Å². The van der Waals surface area contributed by atoms with Gasteiger partial charge in [-0.05, 0) is 6.07 Å². The lowest BCUT2D eigenvalue weighted by molar-refractivity contribution is 0.151. The van der Waals surface area contributed by atoms with Gasteiger partial charge >= 0.3 is 0 Å². The molecule has 5 heteroatoms. The molecule has 0 aliphatic heterocycles. The largest absolute Gasteiger partial charge is 0.481 e. The van der Waals surface area contributed by atoms with Gasteiger partial charge in [0.05, 0.1) is 19.5 Å². The maximum absolute atomic E-state index is 9.58. The van der Waals surface area contributed by atoms with Crippen molar-refractivity contribution in [1.82, 2.24) is 10.3 Å². The third-order valence-electron chi connectivity index (χ3n) is 1.75. The zero-order valence-electron chi connectivity index (χ0n) is 7.97. The first-order valence-electron chi connectivity index (χ1n) is 4.28. The highest BCUT2D eigenvalue weighted by atomic mass is 16.5. The highest BCUT2D eigenvalue weighted by Crippen LogP contribution is 2.13. The third kappa shape index (κ3) is 2.95. The van der Waals surface area contributed by atoms with Crippen LogP contribution < -0.4 is 10.1 Å². The summed E-state index contributed by atoms with van der Waals surface area (Å²) in [6.45, 7) is 0.0949. The number of aliphatic hydroxyl groups is 2. The van der Waals surface area contributed by atoms with Crippen molar-refractivity contribution in [1.29, 1.82) is 0 Å². The van der Waals surface area contributed by atoms with Crippen molar-refractivity contribution >= 4 is 0 Å². The summed E-state index contributed by atoms with van der Waals surface area (Å²) in [5, 5.41) is 20.7. The molecule has 0 spiro atoms. The molecular weight excluding hydrogens is 184 g/mol. The summed E-state index contributed by atoms with van der Waals surface area (Å²) in [5.74, 6) is 0.463. The van der Waals surface area contributed by atoms with Crippen LogP contribution in [0.3, 0.4) is 0 Å². The van der Waals surface area contributed by atoms with Gasteiger partial charge < -0.3 is 14.9 Å². The second kappa shape index (κ2) is 5.54. The van der Waals surface area contributed by atoms with Crippen LogP contribution in [0, 0.1) is 0 Å². The molecular formula is C9H14N2O3. The maximum atomic E-state index is 9.58. The standard InChI is InChI=1S/C9H14N2O3/c1-14-9-4-2-3-7(11-9)8(13)5-10-6-12/h2-4,8,10,12-13H,5-6H2,1H3. The minimum atomic E-state index is -0.739. The molecule has 78 valence electrons. The maximum Gasteiger partial charge on any atom is 0.213 e. The van der Waals surface area contributed by atoms with Crippen LogP contribution in [0.2, 0.25) is 0 Å². The molecule has 1 rings (SSSR count). The summed E-state index contributed by atoms with van der Waals surface area (Å²) in [7, 11) is 1.52. The van der Waals surface area contributed by atoms with Gasteiger partial charge in [0.1, 0.15) is 6.10 Å². The molecule has 1 heterocycles. The van der Waals surface area contributed by atoms with E-state index in [2.05, 4.69) is 10.3 Å². The fourth-order valence-electron chi connectivity index (χ4n) is 1.04. The number of pyridine rings is 1. The topological polar surface area (TPSA) is 74.6 Å². The number of nitrogens with one attached hydrogen (secondary N) is 1. The molecule has 0 saturated carbocycles. The van der Waals surface area contributed by atoms with E-state index in [1.807, 2.05) is 0 Å². The molecule has 1 aromatic heterocycles. The Kier molecular flexibility index (Phi) is 4.31. The van der Waals surface area contributed by atoms with Crippen LogP contribution in [-0.4, -0.2) is 35.6 Å². The molecule has 0 fully saturated rings. The summed E-state index contributed by atoms with van der Waals surface area (Å²) < 4.78 is 4.92. The fraction of sp³-hybridized carbons (Fsp3) is 0.444. The number of nitrogens with zero attached hydrogens (tertiary/aromatic N) is 1. The average molecular weight is 198 g/mol. The first kappa shape index (κ1) is 10.9. The smallest absolute Gasteiger partial charge is 0.213 e. The number of aliphatic hydroxyl groups excluding tert-OH is 2. The lowest BCUT2D eigenvalue weighted by Crippen LogP contribution is -2.22. The number of aromatic nitrogens is 1. The minimum Gasteiger partial charge on any atom is -0.481 e. The van der Waals surface area contributed by atoms with E-state index < -0.39 is 6.10 Å². The highest BCUT2D eigenvalue weighted by molar-refractivity contribution is 5.17. The van der Waals surface area contributed by atoms with E-state index in [1.54, 1.807) is 18.2 Å². The average Bonchev–Trinajstić information content (AvgIpc) is 2.26. The molecule has 0 aliphatic carbocycles. The van der Waals surface area contributed by atoms with E-state index in [4.69, 9.17) is 9.84 Å². The lowest BCUT2D eigenvalue weighted by Gasteiger charge is -2.10. The van der Waals surface area contributed by atoms with E-state index in [-0.39, 0.29) is 13.3 Å². The Labute approximate surface area is 82.4 Å². The van der Waals surface area contributed by atoms with E-state index in [9.17, 15) is 5.11 Å². The van der Waals surface area contributed by atoms with Crippen LogP contribution in [0.25, 0.3) is 0 Å². The Morgan fingerprint density at radius 1 is 1.57 bits per heavy atom. The van der Waals surface area contributed by atoms with E-state index in [0.29, 0.717) is 11.6 Å². The Morgan fingerprint density at radius 2 is 2.36 bits per heavy atom. The van der Waals surface area contributed by atoms with Crippen LogP contribution in [0.5, 0.6) is 5.88 Å². The SMILES string of the molecule is COc1cccc(C(O)CNCO)n1. The monoisotopic (exact) mass is 198 g/mol. The van der Waals surface area contributed by atoms with Crippen molar-refractivity contribution in [3.05, 3.63) is 23.9 Å². The Hall–Kier alpha value is -1.17. The van der Waals surface area contributed by atoms with Crippen molar-refractivity contribution < 1.29 is 14.9 Å². The summed E-state index contributed by atoms with van der Waals surface area (Å²) in [6, 6.07) is 5.16. The number of hydrogen-bond donors (Lipinski definition) is 3. The second-order valence-corrected chi connectivity index (χ2v) is 2.73. The lowest BCUT2D eigenvalue weighted by atomic mass is 10.2. The van der Waals surface area contributed by atoms with Gasteiger partial charge in [-0.1, -0.05) is 6.07 Å². The van der Waals surface area contributed by atoms with Gasteiger partial charge in [0, 0.05) is 12.6 Å². The normalized spacial score (nSPS) is 12.5. The van der Waals surface area contributed by atoms with Crippen molar-refractivity contribution in [2.45, 2.75) is 6.10 Å². The number of rotatable bonds is 5. The van der Waals surface area contributed by atoms with Gasteiger partial charge in [-0.2, -0.15) is 0 Å². The fourth-order valence-corrected chi connectivity index (χ4v) is 1.04. The Morgan fingerprint density at radius 3 is 3.00 bits per heavy atom. The Bertz CT molecular complexity index is 281. The van der Waals surface area contributed by atoms with Crippen LogP contribution in [0.4, 0.5) is 0 Å². The van der Waals surface area contributed by atoms with E-state index in [0.717, 1.165) is 0 Å². The number of hydrogen-bond acceptors (Lipinski definition) is 5. The predicted molar refractivity (Wildman–Crippen MR) is 50.8 cm³/mol. The van der Waals surface area contributed by atoms with Crippen LogP contribution >= 0.6 is 0 Å². The Balaban J connectivity index is 2.64. The quantitative estimate of drug-likeness (QED) is 0.564. The van der Waals surface area contributed by atoms with Crippen molar-refractivity contribution in [3.8, 4) is 5.88 Å².